The van der Waals surface area contributed by atoms with Gasteiger partial charge in [0.1, 0.15) is 0 Å². The summed E-state index contributed by atoms with van der Waals surface area (Å²) in [5.74, 6) is -0.00461. The van der Waals surface area contributed by atoms with Crippen LogP contribution in [0.4, 0.5) is 0 Å². The maximum Gasteiger partial charge on any atom is 0.255 e. The molecule has 1 heterocycles. The van der Waals surface area contributed by atoms with Crippen LogP contribution < -0.4 is 0 Å². The molecule has 2 amide bonds. The molecule has 6 heteroatoms. The summed E-state index contributed by atoms with van der Waals surface area (Å²) in [6.45, 7) is 2.31. The van der Waals surface area contributed by atoms with Crippen LogP contribution in [0.5, 0.6) is 0 Å². The van der Waals surface area contributed by atoms with Gasteiger partial charge in [0.25, 0.3) is 5.91 Å². The Hall–Kier alpha value is -2.04. The number of carbonyl (C=O) groups excluding carboxylic acids is 2. The number of nitrogens with zero attached hydrogens (tertiary/aromatic N) is 2. The Labute approximate surface area is 169 Å². The Kier molecular flexibility index (Phi) is 6.75. The van der Waals surface area contributed by atoms with E-state index in [0.717, 1.165) is 18.4 Å². The van der Waals surface area contributed by atoms with Crippen molar-refractivity contribution in [2.75, 3.05) is 26.2 Å². The monoisotopic (exact) mass is 404 g/mol. The quantitative estimate of drug-likeness (QED) is 0.761. The second kappa shape index (κ2) is 9.25. The zero-order valence-corrected chi connectivity index (χ0v) is 16.5. The smallest absolute Gasteiger partial charge is 0.255 e. The van der Waals surface area contributed by atoms with Crippen LogP contribution in [0.15, 0.2) is 48.5 Å². The molecule has 0 unspecified atom stereocenters. The number of rotatable bonds is 4. The number of hydrogen-bond donors (Lipinski definition) is 0. The van der Waals surface area contributed by atoms with Crippen LogP contribution in [0.3, 0.4) is 0 Å². The van der Waals surface area contributed by atoms with Crippen molar-refractivity contribution in [3.05, 3.63) is 69.7 Å². The molecule has 0 radical (unpaired) electrons. The van der Waals surface area contributed by atoms with E-state index in [-0.39, 0.29) is 11.8 Å². The number of carbonyl (C=O) groups is 2. The van der Waals surface area contributed by atoms with Gasteiger partial charge in [-0.2, -0.15) is 0 Å². The molecule has 1 fully saturated rings. The Bertz CT molecular complexity index is 811. The van der Waals surface area contributed by atoms with Crippen LogP contribution >= 0.6 is 23.2 Å². The molecule has 0 spiro atoms. The van der Waals surface area contributed by atoms with Gasteiger partial charge in [0, 0.05) is 37.6 Å². The van der Waals surface area contributed by atoms with Crippen molar-refractivity contribution >= 4 is 35.0 Å². The average molecular weight is 405 g/mol. The summed E-state index contributed by atoms with van der Waals surface area (Å²) in [4.78, 5) is 29.0. The molecule has 0 bridgehead atoms. The topological polar surface area (TPSA) is 40.6 Å². The molecule has 0 atom stereocenters. The maximum atomic E-state index is 12.8. The molecule has 27 heavy (non-hydrogen) atoms. The van der Waals surface area contributed by atoms with Gasteiger partial charge in [0.15, 0.2) is 0 Å². The molecule has 4 nitrogen and oxygen atoms in total. The van der Waals surface area contributed by atoms with Gasteiger partial charge in [-0.3, -0.25) is 9.59 Å². The van der Waals surface area contributed by atoms with E-state index in [1.807, 2.05) is 35.2 Å². The molecule has 0 aliphatic carbocycles. The summed E-state index contributed by atoms with van der Waals surface area (Å²) in [6.07, 6.45) is 1.97. The van der Waals surface area contributed by atoms with Crippen molar-refractivity contribution in [2.45, 2.75) is 19.3 Å². The summed E-state index contributed by atoms with van der Waals surface area (Å²) >= 11 is 12.2. The lowest BCUT2D eigenvalue weighted by Gasteiger charge is -2.22. The molecular weight excluding hydrogens is 383 g/mol. The number of hydrogen-bond acceptors (Lipinski definition) is 2. The lowest BCUT2D eigenvalue weighted by Crippen LogP contribution is -2.37. The first kappa shape index (κ1) is 19.7. The minimum absolute atomic E-state index is 0.133. The third-order valence-electron chi connectivity index (χ3n) is 4.76. The maximum absolute atomic E-state index is 12.8. The standard InChI is InChI=1S/C21H22Cl2N2O2/c22-17-8-9-19(23)18(15-17)21(27)25-12-4-11-24(13-14-25)20(26)10-7-16-5-2-1-3-6-16/h1-3,5-6,8-9,15H,4,7,10-14H2. The van der Waals surface area contributed by atoms with Gasteiger partial charge in [-0.25, -0.2) is 0 Å². The molecule has 0 aromatic heterocycles. The third-order valence-corrected chi connectivity index (χ3v) is 5.33. The van der Waals surface area contributed by atoms with E-state index in [9.17, 15) is 9.59 Å². The first-order chi connectivity index (χ1) is 13.0. The van der Waals surface area contributed by atoms with Crippen molar-refractivity contribution < 1.29 is 9.59 Å². The number of aryl methyl sites for hydroxylation is 1. The van der Waals surface area contributed by atoms with E-state index in [4.69, 9.17) is 23.2 Å². The summed E-state index contributed by atoms with van der Waals surface area (Å²) < 4.78 is 0. The molecule has 2 aromatic carbocycles. The van der Waals surface area contributed by atoms with Gasteiger partial charge in [0.05, 0.1) is 10.6 Å². The number of halogens is 2. The highest BCUT2D eigenvalue weighted by molar-refractivity contribution is 6.35. The van der Waals surface area contributed by atoms with Gasteiger partial charge < -0.3 is 9.80 Å². The predicted molar refractivity (Wildman–Crippen MR) is 108 cm³/mol. The Morgan fingerprint density at radius 3 is 2.37 bits per heavy atom. The van der Waals surface area contributed by atoms with Crippen molar-refractivity contribution in [2.24, 2.45) is 0 Å². The van der Waals surface area contributed by atoms with Crippen molar-refractivity contribution in [1.82, 2.24) is 9.80 Å². The predicted octanol–water partition coefficient (Wildman–Crippen LogP) is 4.30. The Morgan fingerprint density at radius 2 is 1.59 bits per heavy atom. The summed E-state index contributed by atoms with van der Waals surface area (Å²) in [5, 5.41) is 0.875. The lowest BCUT2D eigenvalue weighted by molar-refractivity contribution is -0.131. The molecule has 2 aromatic rings. The van der Waals surface area contributed by atoms with Crippen LogP contribution in [0.25, 0.3) is 0 Å². The summed E-state index contributed by atoms with van der Waals surface area (Å²) in [7, 11) is 0. The highest BCUT2D eigenvalue weighted by atomic mass is 35.5. The minimum atomic E-state index is -0.138. The zero-order chi connectivity index (χ0) is 19.2. The molecular formula is C21H22Cl2N2O2. The van der Waals surface area contributed by atoms with E-state index in [1.165, 1.54) is 0 Å². The van der Waals surface area contributed by atoms with E-state index in [2.05, 4.69) is 0 Å². The van der Waals surface area contributed by atoms with Gasteiger partial charge in [-0.1, -0.05) is 53.5 Å². The summed E-state index contributed by atoms with van der Waals surface area (Å²) in [5.41, 5.74) is 1.57. The molecule has 1 aliphatic heterocycles. The first-order valence-corrected chi connectivity index (χ1v) is 9.86. The molecule has 1 aliphatic rings. The van der Waals surface area contributed by atoms with E-state index in [1.54, 1.807) is 23.1 Å². The normalized spacial score (nSPS) is 14.7. The van der Waals surface area contributed by atoms with Crippen LogP contribution in [0.1, 0.15) is 28.8 Å². The van der Waals surface area contributed by atoms with Gasteiger partial charge >= 0.3 is 0 Å². The molecule has 0 N–H and O–H groups in total. The highest BCUT2D eigenvalue weighted by Gasteiger charge is 2.24. The fourth-order valence-electron chi connectivity index (χ4n) is 3.26. The SMILES string of the molecule is O=C(CCc1ccccc1)N1CCCN(C(=O)c2cc(Cl)ccc2Cl)CC1. The molecule has 142 valence electrons. The lowest BCUT2D eigenvalue weighted by atomic mass is 10.1. The number of benzene rings is 2. The Morgan fingerprint density at radius 1 is 0.889 bits per heavy atom. The van der Waals surface area contributed by atoms with Crippen molar-refractivity contribution in [3.63, 3.8) is 0 Å². The van der Waals surface area contributed by atoms with Crippen LogP contribution in [-0.4, -0.2) is 47.8 Å². The van der Waals surface area contributed by atoms with E-state index < -0.39 is 0 Å². The number of amides is 2. The fraction of sp³-hybridized carbons (Fsp3) is 0.333. The van der Waals surface area contributed by atoms with Crippen LogP contribution in [-0.2, 0) is 11.2 Å². The fourth-order valence-corrected chi connectivity index (χ4v) is 3.63. The molecule has 1 saturated heterocycles. The van der Waals surface area contributed by atoms with E-state index >= 15 is 0 Å². The minimum Gasteiger partial charge on any atom is -0.341 e. The molecule has 0 saturated carbocycles. The second-order valence-electron chi connectivity index (χ2n) is 6.64. The first-order valence-electron chi connectivity index (χ1n) is 9.10. The second-order valence-corrected chi connectivity index (χ2v) is 7.48. The Balaban J connectivity index is 1.57. The zero-order valence-electron chi connectivity index (χ0n) is 15.0. The van der Waals surface area contributed by atoms with Crippen molar-refractivity contribution in [3.8, 4) is 0 Å². The van der Waals surface area contributed by atoms with Crippen LogP contribution in [0.2, 0.25) is 10.0 Å². The third kappa shape index (κ3) is 5.24. The van der Waals surface area contributed by atoms with E-state index in [0.29, 0.717) is 48.2 Å². The van der Waals surface area contributed by atoms with Crippen LogP contribution in [0, 0.1) is 0 Å². The van der Waals surface area contributed by atoms with Gasteiger partial charge in [0.2, 0.25) is 5.91 Å². The molecule has 3 rings (SSSR count). The summed E-state index contributed by atoms with van der Waals surface area (Å²) in [6, 6.07) is 14.9. The highest BCUT2D eigenvalue weighted by Crippen LogP contribution is 2.22. The van der Waals surface area contributed by atoms with Gasteiger partial charge in [-0.05, 0) is 36.6 Å². The van der Waals surface area contributed by atoms with Crippen molar-refractivity contribution in [1.29, 1.82) is 0 Å². The van der Waals surface area contributed by atoms with Gasteiger partial charge in [-0.15, -0.1) is 0 Å². The average Bonchev–Trinajstić information content (AvgIpc) is 2.94. The largest absolute Gasteiger partial charge is 0.341 e.